The first-order valence-electron chi connectivity index (χ1n) is 6.62. The summed E-state index contributed by atoms with van der Waals surface area (Å²) in [5, 5.41) is 2.57. The Morgan fingerprint density at radius 3 is 2.36 bits per heavy atom. The molecule has 1 heterocycles. The predicted molar refractivity (Wildman–Crippen MR) is 84.7 cm³/mol. The number of para-hydroxylation sites is 1. The van der Waals surface area contributed by atoms with Gasteiger partial charge in [-0.3, -0.25) is 0 Å². The molecule has 0 radical (unpaired) electrons. The number of rotatable bonds is 2. The van der Waals surface area contributed by atoms with E-state index in [1.165, 1.54) is 12.1 Å². The van der Waals surface area contributed by atoms with Crippen LogP contribution < -0.4 is 5.32 Å². The van der Waals surface area contributed by atoms with E-state index >= 15 is 0 Å². The second kappa shape index (κ2) is 4.99. The average molecular weight is 314 g/mol. The van der Waals surface area contributed by atoms with Crippen LogP contribution in [-0.2, 0) is 10.0 Å². The van der Waals surface area contributed by atoms with E-state index in [4.69, 9.17) is 0 Å². The Hall–Kier alpha value is -2.60. The molecule has 2 amide bonds. The zero-order valence-electron chi connectivity index (χ0n) is 11.9. The molecule has 112 valence electrons. The van der Waals surface area contributed by atoms with Gasteiger partial charge in [0.25, 0.3) is 10.0 Å². The Balaban J connectivity index is 2.10. The molecule has 1 aliphatic rings. The van der Waals surface area contributed by atoms with Crippen molar-refractivity contribution < 1.29 is 13.2 Å². The van der Waals surface area contributed by atoms with Crippen molar-refractivity contribution in [2.45, 2.75) is 11.8 Å². The lowest BCUT2D eigenvalue weighted by Crippen LogP contribution is -2.41. The normalized spacial score (nSPS) is 14.5. The number of carbonyl (C=O) groups is 1. The highest BCUT2D eigenvalue weighted by Gasteiger charge is 2.36. The van der Waals surface area contributed by atoms with Crippen molar-refractivity contribution in [2.75, 3.05) is 5.32 Å². The third-order valence-corrected chi connectivity index (χ3v) is 5.20. The summed E-state index contributed by atoms with van der Waals surface area (Å²) in [6.07, 6.45) is 0. The number of benzene rings is 2. The molecule has 2 aromatic rings. The Morgan fingerprint density at radius 1 is 1.05 bits per heavy atom. The molecule has 0 saturated heterocycles. The van der Waals surface area contributed by atoms with E-state index in [9.17, 15) is 13.2 Å². The van der Waals surface area contributed by atoms with E-state index in [2.05, 4.69) is 11.9 Å². The number of nitrogens with zero attached hydrogens (tertiary/aromatic N) is 1. The summed E-state index contributed by atoms with van der Waals surface area (Å²) >= 11 is 0. The molecule has 0 aromatic heterocycles. The molecular formula is C16H14N2O3S. The maximum Gasteiger partial charge on any atom is 0.340 e. The van der Waals surface area contributed by atoms with E-state index in [1.54, 1.807) is 36.4 Å². The Bertz CT molecular complexity index is 871. The van der Waals surface area contributed by atoms with Gasteiger partial charge in [0.05, 0.1) is 16.3 Å². The Labute approximate surface area is 128 Å². The minimum atomic E-state index is -4.00. The van der Waals surface area contributed by atoms with Gasteiger partial charge >= 0.3 is 6.03 Å². The van der Waals surface area contributed by atoms with Crippen molar-refractivity contribution in [1.82, 2.24) is 4.31 Å². The summed E-state index contributed by atoms with van der Waals surface area (Å²) < 4.78 is 26.2. The molecule has 1 aliphatic heterocycles. The maximum atomic E-state index is 12.7. The molecule has 22 heavy (non-hydrogen) atoms. The lowest BCUT2D eigenvalue weighted by atomic mass is 10.1. The monoisotopic (exact) mass is 314 g/mol. The topological polar surface area (TPSA) is 66.5 Å². The number of hydrogen-bond donors (Lipinski definition) is 1. The van der Waals surface area contributed by atoms with Gasteiger partial charge in [-0.25, -0.2) is 13.2 Å². The van der Waals surface area contributed by atoms with Crippen LogP contribution in [0, 0.1) is 6.92 Å². The van der Waals surface area contributed by atoms with Crippen LogP contribution in [0.2, 0.25) is 0 Å². The average Bonchev–Trinajstić information content (AvgIpc) is 2.47. The van der Waals surface area contributed by atoms with Gasteiger partial charge < -0.3 is 5.32 Å². The number of nitrogens with one attached hydrogen (secondary N) is 1. The number of aryl methyl sites for hydroxylation is 1. The van der Waals surface area contributed by atoms with Crippen molar-refractivity contribution >= 4 is 27.4 Å². The van der Waals surface area contributed by atoms with Gasteiger partial charge in [-0.15, -0.1) is 0 Å². The number of amides is 2. The van der Waals surface area contributed by atoms with Gasteiger partial charge in [0, 0.05) is 5.56 Å². The van der Waals surface area contributed by atoms with Crippen LogP contribution in [-0.4, -0.2) is 18.8 Å². The standard InChI is InChI=1S/C16H14N2O3S/c1-11-7-9-13(10-8-11)22(20,21)18-12(2)14-5-3-4-6-15(14)17-16(18)19/h3-10H,2H2,1H3,(H,17,19). The minimum Gasteiger partial charge on any atom is -0.306 e. The smallest absolute Gasteiger partial charge is 0.306 e. The van der Waals surface area contributed by atoms with Crippen LogP contribution in [0.5, 0.6) is 0 Å². The van der Waals surface area contributed by atoms with E-state index < -0.39 is 16.1 Å². The predicted octanol–water partition coefficient (Wildman–Crippen LogP) is 3.20. The van der Waals surface area contributed by atoms with Crippen molar-refractivity contribution in [1.29, 1.82) is 0 Å². The summed E-state index contributed by atoms with van der Waals surface area (Å²) in [4.78, 5) is 12.3. The van der Waals surface area contributed by atoms with Crippen LogP contribution in [0.3, 0.4) is 0 Å². The Morgan fingerprint density at radius 2 is 1.68 bits per heavy atom. The molecular weight excluding hydrogens is 300 g/mol. The fraction of sp³-hybridized carbons (Fsp3) is 0.0625. The summed E-state index contributed by atoms with van der Waals surface area (Å²) in [5.41, 5.74) is 2.21. The lowest BCUT2D eigenvalue weighted by Gasteiger charge is -2.30. The first-order valence-corrected chi connectivity index (χ1v) is 8.06. The third kappa shape index (κ3) is 2.17. The van der Waals surface area contributed by atoms with Crippen LogP contribution in [0.15, 0.2) is 60.0 Å². The highest BCUT2D eigenvalue weighted by atomic mass is 32.2. The SMILES string of the molecule is C=C1c2ccccc2NC(=O)N1S(=O)(=O)c1ccc(C)cc1. The van der Waals surface area contributed by atoms with Gasteiger partial charge in [-0.2, -0.15) is 4.31 Å². The maximum absolute atomic E-state index is 12.7. The minimum absolute atomic E-state index is 0.0498. The largest absolute Gasteiger partial charge is 0.340 e. The van der Waals surface area contributed by atoms with Gasteiger partial charge in [0.15, 0.2) is 0 Å². The lowest BCUT2D eigenvalue weighted by molar-refractivity contribution is 0.244. The summed E-state index contributed by atoms with van der Waals surface area (Å²) in [6, 6.07) is 12.5. The van der Waals surface area contributed by atoms with Gasteiger partial charge in [-0.1, -0.05) is 42.5 Å². The van der Waals surface area contributed by atoms with Crippen molar-refractivity contribution in [3.8, 4) is 0 Å². The highest BCUT2D eigenvalue weighted by molar-refractivity contribution is 7.90. The highest BCUT2D eigenvalue weighted by Crippen LogP contribution is 2.34. The molecule has 3 rings (SSSR count). The molecule has 1 N–H and O–H groups in total. The van der Waals surface area contributed by atoms with Crippen LogP contribution in [0.4, 0.5) is 10.5 Å². The molecule has 5 nitrogen and oxygen atoms in total. The molecule has 0 saturated carbocycles. The molecule has 6 heteroatoms. The number of sulfonamides is 1. The van der Waals surface area contributed by atoms with Gasteiger partial charge in [0.1, 0.15) is 0 Å². The molecule has 0 aliphatic carbocycles. The zero-order chi connectivity index (χ0) is 15.9. The molecule has 0 unspecified atom stereocenters. The second-order valence-electron chi connectivity index (χ2n) is 5.00. The molecule has 0 spiro atoms. The number of hydrogen-bond acceptors (Lipinski definition) is 3. The number of urea groups is 1. The first kappa shape index (κ1) is 14.3. The van der Waals surface area contributed by atoms with Gasteiger partial charge in [-0.05, 0) is 25.1 Å². The Kier molecular flexibility index (Phi) is 3.26. The van der Waals surface area contributed by atoms with E-state index in [0.29, 0.717) is 15.6 Å². The van der Waals surface area contributed by atoms with Crippen LogP contribution in [0.1, 0.15) is 11.1 Å². The van der Waals surface area contributed by atoms with Crippen molar-refractivity contribution in [3.05, 3.63) is 66.2 Å². The summed E-state index contributed by atoms with van der Waals surface area (Å²) in [5.74, 6) is 0. The molecule has 2 aromatic carbocycles. The van der Waals surface area contributed by atoms with E-state index in [1.807, 2.05) is 6.92 Å². The fourth-order valence-corrected chi connectivity index (χ4v) is 3.65. The van der Waals surface area contributed by atoms with Crippen LogP contribution in [0.25, 0.3) is 5.70 Å². The fourth-order valence-electron chi connectivity index (χ4n) is 2.31. The third-order valence-electron chi connectivity index (χ3n) is 3.47. The quantitative estimate of drug-likeness (QED) is 0.925. The van der Waals surface area contributed by atoms with E-state index in [-0.39, 0.29) is 10.6 Å². The van der Waals surface area contributed by atoms with Crippen molar-refractivity contribution in [2.24, 2.45) is 0 Å². The first-order chi connectivity index (χ1) is 10.4. The summed E-state index contributed by atoms with van der Waals surface area (Å²) in [7, 11) is -4.00. The van der Waals surface area contributed by atoms with Crippen molar-refractivity contribution in [3.63, 3.8) is 0 Å². The second-order valence-corrected chi connectivity index (χ2v) is 6.79. The number of anilines is 1. The molecule has 0 fully saturated rings. The number of carbonyl (C=O) groups excluding carboxylic acids is 1. The summed E-state index contributed by atoms with van der Waals surface area (Å²) in [6.45, 7) is 5.64. The van der Waals surface area contributed by atoms with E-state index in [0.717, 1.165) is 5.56 Å². The zero-order valence-corrected chi connectivity index (χ0v) is 12.7. The van der Waals surface area contributed by atoms with Crippen LogP contribution >= 0.6 is 0 Å². The number of fused-ring (bicyclic) bond motifs is 1. The molecule has 0 atom stereocenters. The van der Waals surface area contributed by atoms with Gasteiger partial charge in [0.2, 0.25) is 0 Å². The molecule has 0 bridgehead atoms.